The summed E-state index contributed by atoms with van der Waals surface area (Å²) in [5.41, 5.74) is 6.22. The lowest BCUT2D eigenvalue weighted by atomic mass is 9.99. The third-order valence-electron chi connectivity index (χ3n) is 3.39. The summed E-state index contributed by atoms with van der Waals surface area (Å²) in [7, 11) is 0. The number of hydrogen-bond acceptors (Lipinski definition) is 4. The van der Waals surface area contributed by atoms with Gasteiger partial charge in [-0.05, 0) is 49.1 Å². The van der Waals surface area contributed by atoms with Gasteiger partial charge in [0.05, 0.1) is 5.69 Å². The third-order valence-corrected chi connectivity index (χ3v) is 3.39. The maximum absolute atomic E-state index is 11.4. The van der Waals surface area contributed by atoms with E-state index in [9.17, 15) is 4.79 Å². The van der Waals surface area contributed by atoms with Crippen molar-refractivity contribution in [1.82, 2.24) is 0 Å². The molecule has 0 amide bonds. The molecule has 0 aliphatic carbocycles. The van der Waals surface area contributed by atoms with Crippen molar-refractivity contribution in [2.75, 3.05) is 5.48 Å². The number of hydrogen-bond donors (Lipinski definition) is 2. The molecule has 23 heavy (non-hydrogen) atoms. The zero-order chi connectivity index (χ0) is 17.2. The fourth-order valence-electron chi connectivity index (χ4n) is 2.15. The van der Waals surface area contributed by atoms with Crippen LogP contribution in [0.2, 0.25) is 0 Å². The molecule has 120 valence electrons. The second-order valence-corrected chi connectivity index (χ2v) is 4.91. The van der Waals surface area contributed by atoms with E-state index in [-0.39, 0.29) is 0 Å². The van der Waals surface area contributed by atoms with Gasteiger partial charge in [-0.2, -0.15) is 5.26 Å². The molecular weight excluding hydrogens is 288 g/mol. The van der Waals surface area contributed by atoms with Crippen LogP contribution >= 0.6 is 0 Å². The zero-order valence-electron chi connectivity index (χ0n) is 13.8. The highest BCUT2D eigenvalue weighted by molar-refractivity contribution is 6.07. The Morgan fingerprint density at radius 1 is 1.13 bits per heavy atom. The second kappa shape index (κ2) is 9.39. The van der Waals surface area contributed by atoms with E-state index < -0.39 is 5.78 Å². The number of carbonyl (C=O) groups excluding carboxylic acids is 1. The van der Waals surface area contributed by atoms with Gasteiger partial charge >= 0.3 is 0 Å². The number of nitriles is 1. The first kappa shape index (κ1) is 18.4. The monoisotopic (exact) mass is 310 g/mol. The molecule has 2 rings (SSSR count). The molecule has 0 aromatic heterocycles. The predicted octanol–water partition coefficient (Wildman–Crippen LogP) is 4.31. The SMILES string of the molecule is CC.Cc1ccc(CCc2cc(C(=O)C#N)ccc2NO)cc1. The van der Waals surface area contributed by atoms with Gasteiger partial charge in [0.15, 0.2) is 0 Å². The maximum Gasteiger partial charge on any atom is 0.262 e. The lowest BCUT2D eigenvalue weighted by molar-refractivity contribution is 0.105. The molecule has 2 aromatic carbocycles. The van der Waals surface area contributed by atoms with Gasteiger partial charge in [-0.25, -0.2) is 0 Å². The van der Waals surface area contributed by atoms with Crippen LogP contribution in [0.25, 0.3) is 0 Å². The molecule has 0 fully saturated rings. The van der Waals surface area contributed by atoms with Gasteiger partial charge in [0.1, 0.15) is 6.07 Å². The van der Waals surface area contributed by atoms with E-state index in [1.807, 2.05) is 20.8 Å². The average molecular weight is 310 g/mol. The Hall–Kier alpha value is -2.64. The van der Waals surface area contributed by atoms with Crippen LogP contribution in [-0.4, -0.2) is 11.0 Å². The van der Waals surface area contributed by atoms with Gasteiger partial charge in [0.25, 0.3) is 5.78 Å². The quantitative estimate of drug-likeness (QED) is 0.490. The van der Waals surface area contributed by atoms with Crippen molar-refractivity contribution in [3.05, 3.63) is 64.7 Å². The summed E-state index contributed by atoms with van der Waals surface area (Å²) < 4.78 is 0. The first-order chi connectivity index (χ1) is 11.1. The van der Waals surface area contributed by atoms with Gasteiger partial charge in [-0.15, -0.1) is 0 Å². The minimum Gasteiger partial charge on any atom is -0.291 e. The highest BCUT2D eigenvalue weighted by Crippen LogP contribution is 2.20. The molecule has 0 spiro atoms. The molecule has 0 bridgehead atoms. The van der Waals surface area contributed by atoms with Crippen LogP contribution in [0.15, 0.2) is 42.5 Å². The Balaban J connectivity index is 0.00000127. The van der Waals surface area contributed by atoms with E-state index in [1.165, 1.54) is 17.2 Å². The Morgan fingerprint density at radius 3 is 2.35 bits per heavy atom. The number of carbonyl (C=O) groups is 1. The largest absolute Gasteiger partial charge is 0.291 e. The fraction of sp³-hybridized carbons (Fsp3) is 0.263. The Bertz CT molecular complexity index is 686. The molecule has 0 saturated carbocycles. The minimum atomic E-state index is -0.573. The highest BCUT2D eigenvalue weighted by atomic mass is 16.5. The predicted molar refractivity (Wildman–Crippen MR) is 91.7 cm³/mol. The highest BCUT2D eigenvalue weighted by Gasteiger charge is 2.09. The molecule has 2 aromatic rings. The van der Waals surface area contributed by atoms with Crippen molar-refractivity contribution in [3.63, 3.8) is 0 Å². The molecule has 0 heterocycles. The van der Waals surface area contributed by atoms with E-state index in [4.69, 9.17) is 10.5 Å². The molecule has 0 unspecified atom stereocenters. The molecule has 0 atom stereocenters. The van der Waals surface area contributed by atoms with E-state index >= 15 is 0 Å². The van der Waals surface area contributed by atoms with Crippen molar-refractivity contribution in [1.29, 1.82) is 5.26 Å². The van der Waals surface area contributed by atoms with E-state index in [1.54, 1.807) is 18.2 Å². The Kier molecular flexibility index (Phi) is 7.52. The standard InChI is InChI=1S/C17H16N2O2.C2H6/c1-12-2-4-13(5-3-12)6-7-14-10-15(17(20)11-18)8-9-16(14)19-21;1-2/h2-5,8-10,19,21H,6-7H2,1H3;1-2H3. The van der Waals surface area contributed by atoms with Crippen molar-refractivity contribution in [2.45, 2.75) is 33.6 Å². The number of ketones is 1. The van der Waals surface area contributed by atoms with Crippen molar-refractivity contribution < 1.29 is 10.0 Å². The summed E-state index contributed by atoms with van der Waals surface area (Å²) in [6.07, 6.45) is 1.46. The summed E-state index contributed by atoms with van der Waals surface area (Å²) in [6.45, 7) is 6.04. The minimum absolute atomic E-state index is 0.343. The number of nitrogens with zero attached hydrogens (tertiary/aromatic N) is 1. The lowest BCUT2D eigenvalue weighted by Crippen LogP contribution is -2.02. The van der Waals surface area contributed by atoms with Crippen LogP contribution in [0.1, 0.15) is 40.9 Å². The number of benzene rings is 2. The van der Waals surface area contributed by atoms with Crippen LogP contribution < -0.4 is 5.48 Å². The molecule has 0 aliphatic heterocycles. The van der Waals surface area contributed by atoms with Gasteiger partial charge in [-0.3, -0.25) is 15.5 Å². The van der Waals surface area contributed by atoms with Gasteiger partial charge in [0, 0.05) is 5.56 Å². The maximum atomic E-state index is 11.4. The topological polar surface area (TPSA) is 73.1 Å². The second-order valence-electron chi connectivity index (χ2n) is 4.91. The van der Waals surface area contributed by atoms with Crippen molar-refractivity contribution in [3.8, 4) is 6.07 Å². The molecule has 4 nitrogen and oxygen atoms in total. The van der Waals surface area contributed by atoms with E-state index in [2.05, 4.69) is 29.7 Å². The van der Waals surface area contributed by atoms with Gasteiger partial charge in [-0.1, -0.05) is 43.7 Å². The summed E-state index contributed by atoms with van der Waals surface area (Å²) >= 11 is 0. The zero-order valence-corrected chi connectivity index (χ0v) is 13.8. The first-order valence-corrected chi connectivity index (χ1v) is 7.67. The number of nitrogens with one attached hydrogen (secondary N) is 1. The van der Waals surface area contributed by atoms with Crippen LogP contribution in [-0.2, 0) is 12.8 Å². The number of rotatable bonds is 5. The molecular formula is C19H22N2O2. The lowest BCUT2D eigenvalue weighted by Gasteiger charge is -2.09. The van der Waals surface area contributed by atoms with Crippen molar-refractivity contribution in [2.24, 2.45) is 0 Å². The molecule has 0 radical (unpaired) electrons. The number of aryl methyl sites for hydroxylation is 3. The molecule has 2 N–H and O–H groups in total. The molecule has 0 saturated heterocycles. The summed E-state index contributed by atoms with van der Waals surface area (Å²) in [4.78, 5) is 11.4. The van der Waals surface area contributed by atoms with Gasteiger partial charge < -0.3 is 0 Å². The number of Topliss-reactive ketones (excluding diaryl/α,β-unsaturated/α-hetero) is 1. The van der Waals surface area contributed by atoms with Crippen LogP contribution in [0.4, 0.5) is 5.69 Å². The smallest absolute Gasteiger partial charge is 0.262 e. The third kappa shape index (κ3) is 5.24. The van der Waals surface area contributed by atoms with E-state index in [0.717, 1.165) is 12.0 Å². The summed E-state index contributed by atoms with van der Waals surface area (Å²) in [6, 6.07) is 14.6. The first-order valence-electron chi connectivity index (χ1n) is 7.67. The van der Waals surface area contributed by atoms with Crippen molar-refractivity contribution >= 4 is 11.5 Å². The summed E-state index contributed by atoms with van der Waals surface area (Å²) in [5.74, 6) is -0.573. The molecule has 4 heteroatoms. The average Bonchev–Trinajstić information content (AvgIpc) is 2.62. The number of anilines is 1. The van der Waals surface area contributed by atoms with Crippen LogP contribution in [0, 0.1) is 18.3 Å². The normalized spacial score (nSPS) is 9.35. The Morgan fingerprint density at radius 2 is 1.78 bits per heavy atom. The van der Waals surface area contributed by atoms with Crippen LogP contribution in [0.5, 0.6) is 0 Å². The molecule has 0 aliphatic rings. The summed E-state index contributed by atoms with van der Waals surface area (Å²) in [5, 5.41) is 17.8. The van der Waals surface area contributed by atoms with Crippen LogP contribution in [0.3, 0.4) is 0 Å². The fourth-order valence-corrected chi connectivity index (χ4v) is 2.15. The Labute approximate surface area is 137 Å². The van der Waals surface area contributed by atoms with Gasteiger partial charge in [0.2, 0.25) is 0 Å². The van der Waals surface area contributed by atoms with E-state index in [0.29, 0.717) is 17.7 Å².